The summed E-state index contributed by atoms with van der Waals surface area (Å²) in [5, 5.41) is 12.1. The Morgan fingerprint density at radius 1 is 1.28 bits per heavy atom. The van der Waals surface area contributed by atoms with Gasteiger partial charge in [-0.2, -0.15) is 13.2 Å². The minimum atomic E-state index is -4.74. The van der Waals surface area contributed by atoms with Crippen molar-refractivity contribution in [2.75, 3.05) is 5.32 Å². The molecule has 0 saturated heterocycles. The molecule has 0 aliphatic rings. The largest absolute Gasteiger partial charge is 0.421 e. The third kappa shape index (κ3) is 2.81. The van der Waals surface area contributed by atoms with Crippen LogP contribution in [-0.2, 0) is 10.4 Å². The fraction of sp³-hybridized carbons (Fsp3) is 0.417. The summed E-state index contributed by atoms with van der Waals surface area (Å²) in [5.74, 6) is -0.315. The van der Waals surface area contributed by atoms with Crippen LogP contribution in [0.5, 0.6) is 0 Å². The minimum Gasteiger partial charge on any atom is -0.376 e. The van der Waals surface area contributed by atoms with Crippen LogP contribution in [-0.4, -0.2) is 17.2 Å². The average molecular weight is 261 g/mol. The van der Waals surface area contributed by atoms with Crippen molar-refractivity contribution in [1.82, 2.24) is 0 Å². The first-order valence-electron chi connectivity index (χ1n) is 5.38. The van der Waals surface area contributed by atoms with Gasteiger partial charge in [0.2, 0.25) is 5.91 Å². The second-order valence-corrected chi connectivity index (χ2v) is 3.97. The Hall–Kier alpha value is -1.56. The van der Waals surface area contributed by atoms with E-state index in [1.165, 1.54) is 26.0 Å². The molecule has 1 amide bonds. The summed E-state index contributed by atoms with van der Waals surface area (Å²) in [6.07, 6.45) is -5.22. The molecule has 0 radical (unpaired) electrons. The average Bonchev–Trinajstić information content (AvgIpc) is 2.26. The Balaban J connectivity index is 3.06. The van der Waals surface area contributed by atoms with Crippen LogP contribution in [0, 0.1) is 0 Å². The molecule has 1 aromatic carbocycles. The van der Waals surface area contributed by atoms with Crippen molar-refractivity contribution < 1.29 is 23.1 Å². The Morgan fingerprint density at radius 3 is 2.11 bits per heavy atom. The number of alkyl halides is 3. The first-order valence-corrected chi connectivity index (χ1v) is 5.38. The summed E-state index contributed by atoms with van der Waals surface area (Å²) in [5.41, 5.74) is -2.72. The van der Waals surface area contributed by atoms with Gasteiger partial charge in [0.05, 0.1) is 0 Å². The van der Waals surface area contributed by atoms with E-state index < -0.39 is 18.2 Å². The number of aliphatic hydroxyl groups is 1. The number of halogens is 3. The van der Waals surface area contributed by atoms with Crippen molar-refractivity contribution in [2.45, 2.75) is 32.0 Å². The highest BCUT2D eigenvalue weighted by atomic mass is 19.4. The molecule has 0 saturated carbocycles. The number of carbonyl (C=O) groups is 1. The first kappa shape index (κ1) is 14.5. The highest BCUT2D eigenvalue weighted by molar-refractivity contribution is 5.88. The molecule has 0 aliphatic heterocycles. The number of anilines is 1. The van der Waals surface area contributed by atoms with Gasteiger partial charge in [-0.25, -0.2) is 0 Å². The zero-order valence-electron chi connectivity index (χ0n) is 10.0. The molecule has 3 nitrogen and oxygen atoms in total. The van der Waals surface area contributed by atoms with Crippen molar-refractivity contribution in [3.63, 3.8) is 0 Å². The molecule has 0 heterocycles. The van der Waals surface area contributed by atoms with E-state index in [1.54, 1.807) is 0 Å². The Morgan fingerprint density at radius 2 is 1.78 bits per heavy atom. The maximum Gasteiger partial charge on any atom is 0.421 e. The van der Waals surface area contributed by atoms with Crippen LogP contribution in [0.3, 0.4) is 0 Å². The van der Waals surface area contributed by atoms with Crippen molar-refractivity contribution in [2.24, 2.45) is 0 Å². The number of carbonyl (C=O) groups excluding carboxylic acids is 1. The van der Waals surface area contributed by atoms with E-state index in [0.717, 1.165) is 12.1 Å². The molecule has 1 rings (SSSR count). The summed E-state index contributed by atoms with van der Waals surface area (Å²) < 4.78 is 38.3. The van der Waals surface area contributed by atoms with Crippen molar-refractivity contribution in [3.05, 3.63) is 29.8 Å². The molecule has 0 spiro atoms. The molecule has 1 unspecified atom stereocenters. The van der Waals surface area contributed by atoms with Gasteiger partial charge in [0.1, 0.15) is 0 Å². The third-order valence-electron chi connectivity index (χ3n) is 2.66. The van der Waals surface area contributed by atoms with E-state index in [0.29, 0.717) is 5.69 Å². The first-order chi connectivity index (χ1) is 8.20. The Labute approximate surface area is 103 Å². The van der Waals surface area contributed by atoms with Crippen LogP contribution in [0.25, 0.3) is 0 Å². The number of benzene rings is 1. The monoisotopic (exact) mass is 261 g/mol. The molecule has 1 aromatic rings. The van der Waals surface area contributed by atoms with E-state index in [2.05, 4.69) is 5.32 Å². The lowest BCUT2D eigenvalue weighted by atomic mass is 9.90. The molecular formula is C12H14F3NO2. The molecule has 0 fully saturated rings. The molecule has 2 N–H and O–H groups in total. The Bertz CT molecular complexity index is 428. The zero-order valence-corrected chi connectivity index (χ0v) is 10.0. The van der Waals surface area contributed by atoms with Crippen LogP contribution in [0.2, 0.25) is 0 Å². The van der Waals surface area contributed by atoms with E-state index in [-0.39, 0.29) is 11.5 Å². The Kier molecular flexibility index (Phi) is 4.01. The second-order valence-electron chi connectivity index (χ2n) is 3.97. The van der Waals surface area contributed by atoms with E-state index >= 15 is 0 Å². The minimum absolute atomic E-state index is 0.244. The fourth-order valence-electron chi connectivity index (χ4n) is 1.60. The zero-order chi connectivity index (χ0) is 14.0. The van der Waals surface area contributed by atoms with Crippen LogP contribution < -0.4 is 5.32 Å². The maximum absolute atomic E-state index is 12.8. The molecule has 6 heteroatoms. The van der Waals surface area contributed by atoms with Gasteiger partial charge in [-0.05, 0) is 24.1 Å². The summed E-state index contributed by atoms with van der Waals surface area (Å²) in [6.45, 7) is 2.56. The van der Waals surface area contributed by atoms with E-state index in [4.69, 9.17) is 0 Å². The maximum atomic E-state index is 12.8. The van der Waals surface area contributed by atoms with Crippen molar-refractivity contribution in [3.8, 4) is 0 Å². The van der Waals surface area contributed by atoms with Crippen LogP contribution in [0.15, 0.2) is 24.3 Å². The number of nitrogens with one attached hydrogen (secondary N) is 1. The SMILES string of the molecule is CCC(O)(c1ccc(NC(C)=O)cc1)C(F)(F)F. The van der Waals surface area contributed by atoms with Crippen LogP contribution in [0.1, 0.15) is 25.8 Å². The summed E-state index contributed by atoms with van der Waals surface area (Å²) in [6, 6.07) is 4.96. The standard InChI is InChI=1S/C12H14F3NO2/c1-3-11(18,12(13,14)15)9-4-6-10(7-5-9)16-8(2)17/h4-7,18H,3H2,1-2H3,(H,16,17). The molecule has 1 atom stereocenters. The lowest BCUT2D eigenvalue weighted by Crippen LogP contribution is -2.41. The predicted octanol–water partition coefficient (Wildman–Crippen LogP) is 2.80. The van der Waals surface area contributed by atoms with Gasteiger partial charge >= 0.3 is 6.18 Å². The molecule has 0 aliphatic carbocycles. The van der Waals surface area contributed by atoms with Gasteiger partial charge < -0.3 is 10.4 Å². The lowest BCUT2D eigenvalue weighted by Gasteiger charge is -2.29. The number of amides is 1. The van der Waals surface area contributed by atoms with Gasteiger partial charge in [-0.1, -0.05) is 19.1 Å². The topological polar surface area (TPSA) is 49.3 Å². The van der Waals surface area contributed by atoms with Crippen LogP contribution >= 0.6 is 0 Å². The quantitative estimate of drug-likeness (QED) is 0.879. The summed E-state index contributed by atoms with van der Waals surface area (Å²) >= 11 is 0. The van der Waals surface area contributed by atoms with Gasteiger partial charge in [0.25, 0.3) is 0 Å². The van der Waals surface area contributed by atoms with Crippen LogP contribution in [0.4, 0.5) is 18.9 Å². The van der Waals surface area contributed by atoms with Gasteiger partial charge in [0.15, 0.2) is 5.60 Å². The second kappa shape index (κ2) is 4.97. The van der Waals surface area contributed by atoms with E-state index in [9.17, 15) is 23.1 Å². The fourth-order valence-corrected chi connectivity index (χ4v) is 1.60. The highest BCUT2D eigenvalue weighted by Crippen LogP contribution is 2.41. The molecular weight excluding hydrogens is 247 g/mol. The molecule has 0 bridgehead atoms. The lowest BCUT2D eigenvalue weighted by molar-refractivity contribution is -0.267. The van der Waals surface area contributed by atoms with E-state index in [1.807, 2.05) is 0 Å². The third-order valence-corrected chi connectivity index (χ3v) is 2.66. The number of hydrogen-bond donors (Lipinski definition) is 2. The smallest absolute Gasteiger partial charge is 0.376 e. The number of hydrogen-bond acceptors (Lipinski definition) is 2. The van der Waals surface area contributed by atoms with Gasteiger partial charge in [-0.15, -0.1) is 0 Å². The normalized spacial score (nSPS) is 15.0. The summed E-state index contributed by atoms with van der Waals surface area (Å²) in [4.78, 5) is 10.8. The van der Waals surface area contributed by atoms with Crippen molar-refractivity contribution >= 4 is 11.6 Å². The van der Waals surface area contributed by atoms with Gasteiger partial charge in [-0.3, -0.25) is 4.79 Å². The summed E-state index contributed by atoms with van der Waals surface area (Å²) in [7, 11) is 0. The molecule has 18 heavy (non-hydrogen) atoms. The van der Waals surface area contributed by atoms with Crippen molar-refractivity contribution in [1.29, 1.82) is 0 Å². The van der Waals surface area contributed by atoms with Gasteiger partial charge in [0, 0.05) is 12.6 Å². The highest BCUT2D eigenvalue weighted by Gasteiger charge is 2.53. The molecule has 100 valence electrons. The predicted molar refractivity (Wildman–Crippen MR) is 61.0 cm³/mol. The molecule has 0 aromatic heterocycles. The number of rotatable bonds is 3.